The van der Waals surface area contributed by atoms with Crippen molar-refractivity contribution in [3.05, 3.63) is 28.2 Å². The van der Waals surface area contributed by atoms with Gasteiger partial charge in [0.15, 0.2) is 0 Å². The summed E-state index contributed by atoms with van der Waals surface area (Å²) in [5.74, 6) is 0. The number of halogens is 1. The molecule has 1 aromatic carbocycles. The largest absolute Gasteiger partial charge is 0.371 e. The lowest BCUT2D eigenvalue weighted by Crippen LogP contribution is -2.33. The maximum absolute atomic E-state index is 5.79. The molecule has 98 valence electrons. The standard InChI is InChI=1S/C14H19BrN2O/c15-12-9-11(14-10-16-5-8-18-14)3-4-13(12)17-6-1-2-7-17/h3-4,9,14,16H,1-2,5-8,10H2. The zero-order valence-electron chi connectivity index (χ0n) is 10.5. The predicted octanol–water partition coefficient (Wildman–Crippen LogP) is 2.71. The van der Waals surface area contributed by atoms with Crippen LogP contribution < -0.4 is 10.2 Å². The summed E-state index contributed by atoms with van der Waals surface area (Å²) in [5.41, 5.74) is 2.58. The van der Waals surface area contributed by atoms with Gasteiger partial charge in [-0.05, 0) is 46.5 Å². The Balaban J connectivity index is 1.79. The minimum Gasteiger partial charge on any atom is -0.371 e. The summed E-state index contributed by atoms with van der Waals surface area (Å²) in [6.07, 6.45) is 2.82. The molecule has 18 heavy (non-hydrogen) atoms. The van der Waals surface area contributed by atoms with Gasteiger partial charge in [0.1, 0.15) is 0 Å². The minimum atomic E-state index is 0.197. The highest BCUT2D eigenvalue weighted by Gasteiger charge is 2.19. The Morgan fingerprint density at radius 1 is 1.28 bits per heavy atom. The van der Waals surface area contributed by atoms with Gasteiger partial charge in [0.05, 0.1) is 18.4 Å². The molecule has 1 unspecified atom stereocenters. The van der Waals surface area contributed by atoms with Crippen LogP contribution in [-0.4, -0.2) is 32.8 Å². The molecule has 4 heteroatoms. The number of anilines is 1. The number of hydrogen-bond acceptors (Lipinski definition) is 3. The molecule has 0 spiro atoms. The topological polar surface area (TPSA) is 24.5 Å². The Hall–Kier alpha value is -0.580. The predicted molar refractivity (Wildman–Crippen MR) is 77.2 cm³/mol. The number of ether oxygens (including phenoxy) is 1. The van der Waals surface area contributed by atoms with E-state index in [1.807, 2.05) is 0 Å². The fourth-order valence-electron chi connectivity index (χ4n) is 2.72. The average Bonchev–Trinajstić information content (AvgIpc) is 2.93. The van der Waals surface area contributed by atoms with Crippen molar-refractivity contribution in [3.63, 3.8) is 0 Å². The van der Waals surface area contributed by atoms with Gasteiger partial charge in [0.2, 0.25) is 0 Å². The Kier molecular flexibility index (Phi) is 3.87. The molecule has 2 heterocycles. The third-order valence-electron chi connectivity index (χ3n) is 3.72. The van der Waals surface area contributed by atoms with Crippen LogP contribution in [0.3, 0.4) is 0 Å². The Bertz CT molecular complexity index is 412. The number of benzene rings is 1. The van der Waals surface area contributed by atoms with E-state index in [1.165, 1.54) is 41.7 Å². The van der Waals surface area contributed by atoms with Gasteiger partial charge in [0.25, 0.3) is 0 Å². The van der Waals surface area contributed by atoms with Crippen molar-refractivity contribution >= 4 is 21.6 Å². The van der Waals surface area contributed by atoms with E-state index >= 15 is 0 Å². The fraction of sp³-hybridized carbons (Fsp3) is 0.571. The molecule has 0 amide bonds. The van der Waals surface area contributed by atoms with Crippen LogP contribution in [0.1, 0.15) is 24.5 Å². The van der Waals surface area contributed by atoms with Crippen LogP contribution >= 0.6 is 15.9 Å². The molecule has 2 aliphatic rings. The molecule has 2 aliphatic heterocycles. The Labute approximate surface area is 117 Å². The first-order valence-electron chi connectivity index (χ1n) is 6.71. The summed E-state index contributed by atoms with van der Waals surface area (Å²) in [4.78, 5) is 2.45. The average molecular weight is 311 g/mol. The van der Waals surface area contributed by atoms with Gasteiger partial charge in [0, 0.05) is 30.7 Å². The normalized spacial score (nSPS) is 24.5. The molecule has 3 nitrogen and oxygen atoms in total. The van der Waals surface area contributed by atoms with Crippen LogP contribution in [-0.2, 0) is 4.74 Å². The molecule has 0 radical (unpaired) electrons. The van der Waals surface area contributed by atoms with E-state index < -0.39 is 0 Å². The smallest absolute Gasteiger partial charge is 0.0950 e. The van der Waals surface area contributed by atoms with Crippen molar-refractivity contribution in [2.24, 2.45) is 0 Å². The molecular formula is C14H19BrN2O. The summed E-state index contributed by atoms with van der Waals surface area (Å²) in [6, 6.07) is 6.64. The van der Waals surface area contributed by atoms with Gasteiger partial charge in [-0.15, -0.1) is 0 Å². The zero-order valence-corrected chi connectivity index (χ0v) is 12.1. The zero-order chi connectivity index (χ0) is 12.4. The molecular weight excluding hydrogens is 292 g/mol. The number of nitrogens with zero attached hydrogens (tertiary/aromatic N) is 1. The highest BCUT2D eigenvalue weighted by atomic mass is 79.9. The third-order valence-corrected chi connectivity index (χ3v) is 4.35. The van der Waals surface area contributed by atoms with Gasteiger partial charge >= 0.3 is 0 Å². The maximum Gasteiger partial charge on any atom is 0.0950 e. The molecule has 3 rings (SSSR count). The van der Waals surface area contributed by atoms with Crippen molar-refractivity contribution in [1.29, 1.82) is 0 Å². The van der Waals surface area contributed by atoms with E-state index in [1.54, 1.807) is 0 Å². The van der Waals surface area contributed by atoms with Crippen molar-refractivity contribution in [2.45, 2.75) is 18.9 Å². The quantitative estimate of drug-likeness (QED) is 0.909. The fourth-order valence-corrected chi connectivity index (χ4v) is 3.36. The monoisotopic (exact) mass is 310 g/mol. The first-order valence-corrected chi connectivity index (χ1v) is 7.50. The van der Waals surface area contributed by atoms with Gasteiger partial charge in [-0.2, -0.15) is 0 Å². The molecule has 0 saturated carbocycles. The maximum atomic E-state index is 5.79. The lowest BCUT2D eigenvalue weighted by atomic mass is 10.1. The molecule has 0 bridgehead atoms. The van der Waals surface area contributed by atoms with E-state index in [2.05, 4.69) is 44.3 Å². The molecule has 1 atom stereocenters. The summed E-state index contributed by atoms with van der Waals surface area (Å²) in [5, 5.41) is 3.37. The van der Waals surface area contributed by atoms with Crippen LogP contribution in [0.5, 0.6) is 0 Å². The SMILES string of the molecule is Brc1cc(C2CNCCO2)ccc1N1CCCC1. The molecule has 0 aliphatic carbocycles. The van der Waals surface area contributed by atoms with Crippen LogP contribution in [0.4, 0.5) is 5.69 Å². The lowest BCUT2D eigenvalue weighted by Gasteiger charge is -2.25. The highest BCUT2D eigenvalue weighted by molar-refractivity contribution is 9.10. The molecule has 1 aromatic rings. The summed E-state index contributed by atoms with van der Waals surface area (Å²) < 4.78 is 6.98. The number of hydrogen-bond donors (Lipinski definition) is 1. The van der Waals surface area contributed by atoms with Gasteiger partial charge in [-0.1, -0.05) is 6.07 Å². The van der Waals surface area contributed by atoms with Crippen molar-refractivity contribution in [3.8, 4) is 0 Å². The third kappa shape index (κ3) is 2.56. The second-order valence-electron chi connectivity index (χ2n) is 4.97. The minimum absolute atomic E-state index is 0.197. The van der Waals surface area contributed by atoms with Crippen LogP contribution in [0, 0.1) is 0 Å². The van der Waals surface area contributed by atoms with Crippen molar-refractivity contribution in [1.82, 2.24) is 5.32 Å². The molecule has 2 saturated heterocycles. The lowest BCUT2D eigenvalue weighted by molar-refractivity contribution is 0.0277. The van der Waals surface area contributed by atoms with Gasteiger partial charge in [-0.25, -0.2) is 0 Å². The summed E-state index contributed by atoms with van der Waals surface area (Å²) in [6.45, 7) is 5.04. The Morgan fingerprint density at radius 3 is 2.78 bits per heavy atom. The van der Waals surface area contributed by atoms with E-state index in [-0.39, 0.29) is 6.10 Å². The van der Waals surface area contributed by atoms with Crippen LogP contribution in [0.15, 0.2) is 22.7 Å². The Morgan fingerprint density at radius 2 is 2.11 bits per heavy atom. The van der Waals surface area contributed by atoms with E-state index in [0.717, 1.165) is 19.7 Å². The summed E-state index contributed by atoms with van der Waals surface area (Å²) in [7, 11) is 0. The van der Waals surface area contributed by atoms with E-state index in [4.69, 9.17) is 4.74 Å². The molecule has 2 fully saturated rings. The highest BCUT2D eigenvalue weighted by Crippen LogP contribution is 2.32. The van der Waals surface area contributed by atoms with E-state index in [0.29, 0.717) is 0 Å². The van der Waals surface area contributed by atoms with Gasteiger partial charge < -0.3 is 15.0 Å². The van der Waals surface area contributed by atoms with Crippen molar-refractivity contribution in [2.75, 3.05) is 37.7 Å². The second-order valence-corrected chi connectivity index (χ2v) is 5.82. The van der Waals surface area contributed by atoms with Crippen LogP contribution in [0.25, 0.3) is 0 Å². The first-order chi connectivity index (χ1) is 8.84. The van der Waals surface area contributed by atoms with Crippen LogP contribution in [0.2, 0.25) is 0 Å². The number of rotatable bonds is 2. The first kappa shape index (κ1) is 12.5. The second kappa shape index (κ2) is 5.59. The molecule has 0 aromatic heterocycles. The summed E-state index contributed by atoms with van der Waals surface area (Å²) >= 11 is 3.71. The molecule has 1 N–H and O–H groups in total. The van der Waals surface area contributed by atoms with Crippen molar-refractivity contribution < 1.29 is 4.74 Å². The van der Waals surface area contributed by atoms with E-state index in [9.17, 15) is 0 Å². The number of morpholine rings is 1. The number of nitrogens with one attached hydrogen (secondary N) is 1. The van der Waals surface area contributed by atoms with Gasteiger partial charge in [-0.3, -0.25) is 0 Å².